The summed E-state index contributed by atoms with van der Waals surface area (Å²) in [6.07, 6.45) is -1.23. The molecule has 2 rings (SSSR count). The van der Waals surface area contributed by atoms with Crippen LogP contribution in [0.5, 0.6) is 0 Å². The highest BCUT2D eigenvalue weighted by atomic mass is 35.5. The molecule has 0 radical (unpaired) electrons. The lowest BCUT2D eigenvalue weighted by Gasteiger charge is -2.36. The second-order valence-electron chi connectivity index (χ2n) is 6.12. The van der Waals surface area contributed by atoms with Gasteiger partial charge in [-0.15, -0.1) is 12.4 Å². The third kappa shape index (κ3) is 6.49. The van der Waals surface area contributed by atoms with Crippen molar-refractivity contribution >= 4 is 18.3 Å². The molecule has 1 aliphatic heterocycles. The third-order valence-electron chi connectivity index (χ3n) is 4.35. The number of carbonyl (C=O) groups excluding carboxylic acids is 1. The van der Waals surface area contributed by atoms with Gasteiger partial charge in [-0.25, -0.2) is 0 Å². The number of benzene rings is 1. The highest BCUT2D eigenvalue weighted by molar-refractivity contribution is 5.85. The Morgan fingerprint density at radius 2 is 2.00 bits per heavy atom. The van der Waals surface area contributed by atoms with E-state index in [9.17, 15) is 18.0 Å². The minimum Gasteiger partial charge on any atom is -0.354 e. The van der Waals surface area contributed by atoms with Crippen LogP contribution in [0.4, 0.5) is 13.2 Å². The number of amides is 1. The Kier molecular flexibility index (Phi) is 8.68. The summed E-state index contributed by atoms with van der Waals surface area (Å²) in [5.74, 6) is -0.112. The Morgan fingerprint density at radius 1 is 1.28 bits per heavy atom. The number of carbonyl (C=O) groups is 1. The van der Waals surface area contributed by atoms with E-state index in [2.05, 4.69) is 5.32 Å². The van der Waals surface area contributed by atoms with Crippen molar-refractivity contribution in [1.82, 2.24) is 10.2 Å². The van der Waals surface area contributed by atoms with Crippen LogP contribution in [0.15, 0.2) is 24.3 Å². The largest absolute Gasteiger partial charge is 0.416 e. The Hall–Kier alpha value is -1.31. The van der Waals surface area contributed by atoms with Gasteiger partial charge in [0.2, 0.25) is 5.91 Å². The van der Waals surface area contributed by atoms with Crippen molar-refractivity contribution in [3.8, 4) is 0 Å². The van der Waals surface area contributed by atoms with Gasteiger partial charge in [-0.2, -0.15) is 13.2 Å². The first-order valence-electron chi connectivity index (χ1n) is 8.27. The minimum atomic E-state index is -4.35. The SMILES string of the molecule is Cl.NCCC(=O)NCC1CCCCN1Cc1ccccc1C(F)(F)F. The Balaban J connectivity index is 0.00000312. The number of likely N-dealkylation sites (tertiary alicyclic amines) is 1. The normalized spacial score (nSPS) is 18.5. The quantitative estimate of drug-likeness (QED) is 0.799. The van der Waals surface area contributed by atoms with Gasteiger partial charge in [0.25, 0.3) is 0 Å². The van der Waals surface area contributed by atoms with Crippen molar-refractivity contribution < 1.29 is 18.0 Å². The van der Waals surface area contributed by atoms with Gasteiger partial charge in [-0.05, 0) is 31.0 Å². The summed E-state index contributed by atoms with van der Waals surface area (Å²) in [6, 6.07) is 5.75. The number of hydrogen-bond donors (Lipinski definition) is 2. The molecule has 0 aliphatic carbocycles. The van der Waals surface area contributed by atoms with Crippen LogP contribution >= 0.6 is 12.4 Å². The molecule has 0 bridgehead atoms. The number of nitrogens with one attached hydrogen (secondary N) is 1. The molecule has 1 aromatic rings. The fraction of sp³-hybridized carbons (Fsp3) is 0.588. The first-order valence-corrected chi connectivity index (χ1v) is 8.27. The van der Waals surface area contributed by atoms with Crippen LogP contribution in [0.1, 0.15) is 36.8 Å². The van der Waals surface area contributed by atoms with E-state index in [-0.39, 0.29) is 42.9 Å². The molecule has 1 fully saturated rings. The monoisotopic (exact) mass is 379 g/mol. The predicted molar refractivity (Wildman–Crippen MR) is 93.4 cm³/mol. The third-order valence-corrected chi connectivity index (χ3v) is 4.35. The van der Waals surface area contributed by atoms with Crippen molar-refractivity contribution in [2.24, 2.45) is 5.73 Å². The fourth-order valence-corrected chi connectivity index (χ4v) is 3.10. The second-order valence-corrected chi connectivity index (χ2v) is 6.12. The van der Waals surface area contributed by atoms with Gasteiger partial charge in [-0.3, -0.25) is 9.69 Å². The summed E-state index contributed by atoms with van der Waals surface area (Å²) in [5.41, 5.74) is 5.05. The minimum absolute atomic E-state index is 0. The maximum Gasteiger partial charge on any atom is 0.416 e. The molecule has 1 atom stereocenters. The van der Waals surface area contributed by atoms with E-state index in [0.29, 0.717) is 13.1 Å². The molecule has 4 nitrogen and oxygen atoms in total. The zero-order valence-corrected chi connectivity index (χ0v) is 14.8. The lowest BCUT2D eigenvalue weighted by Crippen LogP contribution is -2.46. The number of nitrogens with two attached hydrogens (primary N) is 1. The molecule has 1 amide bonds. The lowest BCUT2D eigenvalue weighted by atomic mass is 9.99. The van der Waals surface area contributed by atoms with E-state index in [0.717, 1.165) is 31.9 Å². The molecule has 1 saturated heterocycles. The highest BCUT2D eigenvalue weighted by Gasteiger charge is 2.34. The van der Waals surface area contributed by atoms with Crippen LogP contribution in [-0.4, -0.2) is 36.5 Å². The van der Waals surface area contributed by atoms with Crippen LogP contribution in [0.2, 0.25) is 0 Å². The van der Waals surface area contributed by atoms with Gasteiger partial charge >= 0.3 is 6.18 Å². The summed E-state index contributed by atoms with van der Waals surface area (Å²) in [4.78, 5) is 13.6. The van der Waals surface area contributed by atoms with E-state index < -0.39 is 11.7 Å². The van der Waals surface area contributed by atoms with Crippen molar-refractivity contribution in [2.45, 2.75) is 44.4 Å². The Morgan fingerprint density at radius 3 is 2.68 bits per heavy atom. The first kappa shape index (κ1) is 21.7. The highest BCUT2D eigenvalue weighted by Crippen LogP contribution is 2.33. The summed E-state index contributed by atoms with van der Waals surface area (Å²) >= 11 is 0. The second kappa shape index (κ2) is 9.99. The number of piperidine rings is 1. The summed E-state index contributed by atoms with van der Waals surface area (Å²) in [7, 11) is 0. The van der Waals surface area contributed by atoms with E-state index in [1.165, 1.54) is 12.1 Å². The van der Waals surface area contributed by atoms with Crippen LogP contribution in [0.25, 0.3) is 0 Å². The molecule has 1 heterocycles. The maximum atomic E-state index is 13.2. The molecule has 142 valence electrons. The maximum absolute atomic E-state index is 13.2. The standard InChI is InChI=1S/C17H24F3N3O.ClH/c18-17(19,20)15-7-2-1-5-13(15)12-23-10-4-3-6-14(23)11-22-16(24)8-9-21;/h1-2,5,7,14H,3-4,6,8-12,21H2,(H,22,24);1H. The van der Waals surface area contributed by atoms with Crippen LogP contribution in [0, 0.1) is 0 Å². The predicted octanol–water partition coefficient (Wildman–Crippen LogP) is 2.95. The van der Waals surface area contributed by atoms with Gasteiger partial charge in [0.1, 0.15) is 0 Å². The van der Waals surface area contributed by atoms with Gasteiger partial charge < -0.3 is 11.1 Å². The fourth-order valence-electron chi connectivity index (χ4n) is 3.10. The summed E-state index contributed by atoms with van der Waals surface area (Å²) < 4.78 is 39.5. The first-order chi connectivity index (χ1) is 11.4. The van der Waals surface area contributed by atoms with Crippen LogP contribution in [0.3, 0.4) is 0 Å². The summed E-state index contributed by atoms with van der Waals surface area (Å²) in [6.45, 7) is 1.73. The van der Waals surface area contributed by atoms with E-state index >= 15 is 0 Å². The van der Waals surface area contributed by atoms with Crippen molar-refractivity contribution in [3.63, 3.8) is 0 Å². The van der Waals surface area contributed by atoms with E-state index in [1.807, 2.05) is 4.90 Å². The van der Waals surface area contributed by atoms with Crippen molar-refractivity contribution in [3.05, 3.63) is 35.4 Å². The molecule has 8 heteroatoms. The van der Waals surface area contributed by atoms with E-state index in [1.54, 1.807) is 6.07 Å². The average molecular weight is 380 g/mol. The molecule has 0 aromatic heterocycles. The van der Waals surface area contributed by atoms with Crippen LogP contribution in [-0.2, 0) is 17.5 Å². The van der Waals surface area contributed by atoms with Crippen LogP contribution < -0.4 is 11.1 Å². The molecular formula is C17H25ClF3N3O. The zero-order chi connectivity index (χ0) is 17.6. The molecule has 0 saturated carbocycles. The van der Waals surface area contributed by atoms with Crippen molar-refractivity contribution in [2.75, 3.05) is 19.6 Å². The number of halogens is 4. The number of hydrogen-bond acceptors (Lipinski definition) is 3. The number of rotatable bonds is 6. The van der Waals surface area contributed by atoms with Gasteiger partial charge in [0.05, 0.1) is 5.56 Å². The number of nitrogens with zero attached hydrogens (tertiary/aromatic N) is 1. The molecular weight excluding hydrogens is 355 g/mol. The molecule has 0 spiro atoms. The molecule has 1 aliphatic rings. The van der Waals surface area contributed by atoms with Gasteiger partial charge in [0.15, 0.2) is 0 Å². The smallest absolute Gasteiger partial charge is 0.354 e. The van der Waals surface area contributed by atoms with Gasteiger partial charge in [0, 0.05) is 32.1 Å². The molecule has 1 aromatic carbocycles. The molecule has 25 heavy (non-hydrogen) atoms. The topological polar surface area (TPSA) is 58.4 Å². The lowest BCUT2D eigenvalue weighted by molar-refractivity contribution is -0.138. The average Bonchev–Trinajstić information content (AvgIpc) is 2.54. The Bertz CT molecular complexity index is 554. The zero-order valence-electron chi connectivity index (χ0n) is 14.0. The summed E-state index contributed by atoms with van der Waals surface area (Å²) in [5, 5.41) is 2.83. The Labute approximate surface area is 152 Å². The van der Waals surface area contributed by atoms with E-state index in [4.69, 9.17) is 5.73 Å². The van der Waals surface area contributed by atoms with Crippen molar-refractivity contribution in [1.29, 1.82) is 0 Å². The number of alkyl halides is 3. The molecule has 1 unspecified atom stereocenters. The molecule has 3 N–H and O–H groups in total. The van der Waals surface area contributed by atoms with Gasteiger partial charge in [-0.1, -0.05) is 24.6 Å².